The lowest BCUT2D eigenvalue weighted by Crippen LogP contribution is -2.44. The van der Waals surface area contributed by atoms with Crippen LogP contribution in [0.15, 0.2) is 0 Å². The lowest BCUT2D eigenvalue weighted by Gasteiger charge is -2.37. The summed E-state index contributed by atoms with van der Waals surface area (Å²) >= 11 is 0. The van der Waals surface area contributed by atoms with Crippen molar-refractivity contribution in [2.45, 2.75) is 37.9 Å². The van der Waals surface area contributed by atoms with Gasteiger partial charge in [0.25, 0.3) is 0 Å². The van der Waals surface area contributed by atoms with E-state index in [0.29, 0.717) is 19.4 Å². The lowest BCUT2D eigenvalue weighted by molar-refractivity contribution is -0.121. The van der Waals surface area contributed by atoms with Crippen LogP contribution in [-0.4, -0.2) is 22.9 Å². The summed E-state index contributed by atoms with van der Waals surface area (Å²) < 4.78 is 5.35. The number of nitrogens with zero attached hydrogens (tertiary/aromatic N) is 1. The molecule has 1 aliphatic heterocycles. The average Bonchev–Trinajstić information content (AvgIpc) is 1.85. The van der Waals surface area contributed by atoms with Gasteiger partial charge in [0.2, 0.25) is 0 Å². The molecule has 0 aromatic heterocycles. The Labute approximate surface area is 66.6 Å². The lowest BCUT2D eigenvalue weighted by atomic mass is 9.85. The second-order valence-electron chi connectivity index (χ2n) is 3.68. The van der Waals surface area contributed by atoms with Crippen LogP contribution in [-0.2, 0) is 4.74 Å². The zero-order valence-corrected chi connectivity index (χ0v) is 6.92. The Balaban J connectivity index is 2.69. The van der Waals surface area contributed by atoms with Gasteiger partial charge in [-0.05, 0) is 13.8 Å². The van der Waals surface area contributed by atoms with Crippen molar-refractivity contribution >= 4 is 0 Å². The molecule has 62 valence electrons. The Morgan fingerprint density at radius 3 is 2.55 bits per heavy atom. The zero-order chi connectivity index (χ0) is 8.54. The molecule has 3 heteroatoms. The van der Waals surface area contributed by atoms with Gasteiger partial charge in [0, 0.05) is 12.8 Å². The summed E-state index contributed by atoms with van der Waals surface area (Å²) in [4.78, 5) is 0. The van der Waals surface area contributed by atoms with E-state index in [2.05, 4.69) is 0 Å². The average molecular weight is 155 g/mol. The van der Waals surface area contributed by atoms with Crippen LogP contribution < -0.4 is 0 Å². The van der Waals surface area contributed by atoms with Crippen molar-refractivity contribution in [2.75, 3.05) is 6.61 Å². The van der Waals surface area contributed by atoms with Gasteiger partial charge in [-0.1, -0.05) is 0 Å². The van der Waals surface area contributed by atoms with Gasteiger partial charge < -0.3 is 9.84 Å². The molecule has 1 heterocycles. The van der Waals surface area contributed by atoms with Crippen LogP contribution in [0.25, 0.3) is 0 Å². The largest absolute Gasteiger partial charge is 0.375 e. The number of nitriles is 1. The molecule has 0 spiro atoms. The fraction of sp³-hybridized carbons (Fsp3) is 0.875. The maximum Gasteiger partial charge on any atom is 0.155 e. The molecule has 0 amide bonds. The van der Waals surface area contributed by atoms with E-state index in [0.717, 1.165) is 0 Å². The highest BCUT2D eigenvalue weighted by Crippen LogP contribution is 2.30. The molecule has 0 unspecified atom stereocenters. The van der Waals surface area contributed by atoms with Crippen molar-refractivity contribution < 1.29 is 9.84 Å². The van der Waals surface area contributed by atoms with E-state index in [1.54, 1.807) is 0 Å². The molecular weight excluding hydrogens is 142 g/mol. The van der Waals surface area contributed by atoms with Crippen molar-refractivity contribution in [3.05, 3.63) is 0 Å². The van der Waals surface area contributed by atoms with E-state index in [-0.39, 0.29) is 5.60 Å². The fourth-order valence-electron chi connectivity index (χ4n) is 1.44. The molecule has 11 heavy (non-hydrogen) atoms. The fourth-order valence-corrected chi connectivity index (χ4v) is 1.44. The van der Waals surface area contributed by atoms with Crippen LogP contribution in [0, 0.1) is 11.3 Å². The van der Waals surface area contributed by atoms with E-state index in [4.69, 9.17) is 10.00 Å². The summed E-state index contributed by atoms with van der Waals surface area (Å²) in [5, 5.41) is 18.2. The maximum atomic E-state index is 9.57. The van der Waals surface area contributed by atoms with Crippen LogP contribution in [0.1, 0.15) is 26.7 Å². The van der Waals surface area contributed by atoms with Gasteiger partial charge >= 0.3 is 0 Å². The molecule has 0 aliphatic carbocycles. The normalized spacial score (nSPS) is 36.2. The molecule has 3 nitrogen and oxygen atoms in total. The molecule has 1 saturated heterocycles. The summed E-state index contributed by atoms with van der Waals surface area (Å²) in [5.74, 6) is 0. The molecule has 0 aromatic carbocycles. The van der Waals surface area contributed by atoms with Gasteiger partial charge in [0.1, 0.15) is 0 Å². The van der Waals surface area contributed by atoms with E-state index in [1.807, 2.05) is 19.9 Å². The summed E-state index contributed by atoms with van der Waals surface area (Å²) in [6.07, 6.45) is 0.823. The van der Waals surface area contributed by atoms with Gasteiger partial charge in [-0.3, -0.25) is 0 Å². The first kappa shape index (κ1) is 8.51. The van der Waals surface area contributed by atoms with E-state index in [1.165, 1.54) is 0 Å². The van der Waals surface area contributed by atoms with Gasteiger partial charge in [0.05, 0.1) is 18.3 Å². The molecule has 1 rings (SSSR count). The summed E-state index contributed by atoms with van der Waals surface area (Å²) in [5.41, 5.74) is -1.52. The summed E-state index contributed by atoms with van der Waals surface area (Å²) in [6, 6.07) is 1.91. The Morgan fingerprint density at radius 2 is 2.18 bits per heavy atom. The predicted octanol–water partition coefficient (Wildman–Crippen LogP) is 0.830. The van der Waals surface area contributed by atoms with E-state index >= 15 is 0 Å². The highest BCUT2D eigenvalue weighted by molar-refractivity contribution is 5.05. The molecule has 0 radical (unpaired) electrons. The van der Waals surface area contributed by atoms with Gasteiger partial charge in [-0.15, -0.1) is 0 Å². The summed E-state index contributed by atoms with van der Waals surface area (Å²) in [7, 11) is 0. The monoisotopic (exact) mass is 155 g/mol. The second kappa shape index (κ2) is 2.47. The molecule has 1 N–H and O–H groups in total. The van der Waals surface area contributed by atoms with Crippen molar-refractivity contribution in [1.82, 2.24) is 0 Å². The van der Waals surface area contributed by atoms with Crippen LogP contribution >= 0.6 is 0 Å². The van der Waals surface area contributed by atoms with E-state index < -0.39 is 5.60 Å². The van der Waals surface area contributed by atoms with Crippen LogP contribution in [0.2, 0.25) is 0 Å². The Bertz CT molecular complexity index is 195. The predicted molar refractivity (Wildman–Crippen MR) is 39.8 cm³/mol. The third kappa shape index (κ3) is 1.92. The minimum atomic E-state index is -1.16. The van der Waals surface area contributed by atoms with E-state index in [9.17, 15) is 5.11 Å². The first-order valence-corrected chi connectivity index (χ1v) is 3.75. The Kier molecular flexibility index (Phi) is 1.91. The molecule has 0 aromatic rings. The molecule has 1 aliphatic rings. The van der Waals surface area contributed by atoms with Crippen molar-refractivity contribution in [1.29, 1.82) is 5.26 Å². The van der Waals surface area contributed by atoms with Crippen LogP contribution in [0.3, 0.4) is 0 Å². The highest BCUT2D eigenvalue weighted by atomic mass is 16.5. The zero-order valence-electron chi connectivity index (χ0n) is 6.92. The maximum absolute atomic E-state index is 9.57. The highest BCUT2D eigenvalue weighted by Gasteiger charge is 2.39. The quantitative estimate of drug-likeness (QED) is 0.527. The molecule has 0 bridgehead atoms. The second-order valence-corrected chi connectivity index (χ2v) is 3.68. The molecule has 1 fully saturated rings. The standard InChI is InChI=1S/C8H13NO2/c1-7(2)5-8(10,6-9)3-4-11-7/h10H,3-5H2,1-2H3/t8-/m0/s1. The third-order valence-corrected chi connectivity index (χ3v) is 1.93. The number of hydrogen-bond donors (Lipinski definition) is 1. The first-order chi connectivity index (χ1) is 4.97. The van der Waals surface area contributed by atoms with Crippen molar-refractivity contribution in [2.24, 2.45) is 0 Å². The van der Waals surface area contributed by atoms with Crippen LogP contribution in [0.5, 0.6) is 0 Å². The number of hydrogen-bond acceptors (Lipinski definition) is 3. The minimum absolute atomic E-state index is 0.358. The van der Waals surface area contributed by atoms with Crippen LogP contribution in [0.4, 0.5) is 0 Å². The number of rotatable bonds is 0. The molecular formula is C8H13NO2. The van der Waals surface area contributed by atoms with Gasteiger partial charge in [-0.25, -0.2) is 0 Å². The number of ether oxygens (including phenoxy) is 1. The minimum Gasteiger partial charge on any atom is -0.375 e. The third-order valence-electron chi connectivity index (χ3n) is 1.93. The topological polar surface area (TPSA) is 53.2 Å². The Hall–Kier alpha value is -0.590. The summed E-state index contributed by atoms with van der Waals surface area (Å²) in [6.45, 7) is 4.24. The molecule has 1 atom stereocenters. The van der Waals surface area contributed by atoms with Gasteiger partial charge in [0.15, 0.2) is 5.60 Å². The first-order valence-electron chi connectivity index (χ1n) is 3.75. The SMILES string of the molecule is CC1(C)C[C@](O)(C#N)CCO1. The van der Waals surface area contributed by atoms with Crippen molar-refractivity contribution in [3.63, 3.8) is 0 Å². The van der Waals surface area contributed by atoms with Crippen molar-refractivity contribution in [3.8, 4) is 6.07 Å². The molecule has 0 saturated carbocycles. The smallest absolute Gasteiger partial charge is 0.155 e. The van der Waals surface area contributed by atoms with Gasteiger partial charge in [-0.2, -0.15) is 5.26 Å². The Morgan fingerprint density at radius 1 is 1.55 bits per heavy atom. The number of aliphatic hydroxyl groups is 1.